The zero-order valence-corrected chi connectivity index (χ0v) is 22.9. The molecule has 0 heterocycles. The van der Waals surface area contributed by atoms with E-state index in [0.29, 0.717) is 29.4 Å². The summed E-state index contributed by atoms with van der Waals surface area (Å²) in [5.74, 6) is 1.84. The average molecular weight is 480 g/mol. The van der Waals surface area contributed by atoms with Gasteiger partial charge in [0, 0.05) is 5.41 Å². The Balaban J connectivity index is 1.61. The molecule has 0 radical (unpaired) electrons. The van der Waals surface area contributed by atoms with E-state index in [-0.39, 0.29) is 33.9 Å². The fourth-order valence-corrected chi connectivity index (χ4v) is 11.3. The second-order valence-electron chi connectivity index (χ2n) is 14.7. The number of carbonyl (C=O) groups excluding carboxylic acids is 1. The van der Waals surface area contributed by atoms with Crippen molar-refractivity contribution in [1.82, 2.24) is 0 Å². The van der Waals surface area contributed by atoms with E-state index < -0.39 is 16.8 Å². The van der Waals surface area contributed by atoms with Crippen molar-refractivity contribution < 1.29 is 14.7 Å². The number of allylic oxidation sites excluding steroid dienone is 2. The van der Waals surface area contributed by atoms with Gasteiger partial charge in [-0.15, -0.1) is 0 Å². The molecule has 0 bridgehead atoms. The van der Waals surface area contributed by atoms with E-state index in [4.69, 9.17) is 6.57 Å². The zero-order chi connectivity index (χ0) is 25.8. The molecule has 5 aliphatic carbocycles. The summed E-state index contributed by atoms with van der Waals surface area (Å²) in [6, 6.07) is 0. The second kappa shape index (κ2) is 7.45. The van der Waals surface area contributed by atoms with Crippen LogP contribution in [0.5, 0.6) is 0 Å². The highest BCUT2D eigenvalue weighted by molar-refractivity contribution is 6.02. The van der Waals surface area contributed by atoms with Crippen LogP contribution in [0.25, 0.3) is 4.85 Å². The summed E-state index contributed by atoms with van der Waals surface area (Å²) in [5.41, 5.74) is -0.720. The molecule has 0 aliphatic heterocycles. The lowest BCUT2D eigenvalue weighted by molar-refractivity contribution is -0.223. The van der Waals surface area contributed by atoms with Crippen LogP contribution in [-0.2, 0) is 9.59 Å². The first-order valence-corrected chi connectivity index (χ1v) is 14.1. The van der Waals surface area contributed by atoms with Gasteiger partial charge in [-0.2, -0.15) is 0 Å². The maximum absolute atomic E-state index is 13.2. The number of hydrogen-bond donors (Lipinski definition) is 1. The fourth-order valence-electron chi connectivity index (χ4n) is 11.3. The first-order chi connectivity index (χ1) is 16.2. The van der Waals surface area contributed by atoms with E-state index in [1.54, 1.807) is 0 Å². The topological polar surface area (TPSA) is 58.7 Å². The van der Waals surface area contributed by atoms with Crippen LogP contribution in [0, 0.1) is 69.2 Å². The van der Waals surface area contributed by atoms with Gasteiger partial charge < -0.3 is 9.90 Å². The van der Waals surface area contributed by atoms with Crippen LogP contribution in [0.15, 0.2) is 11.8 Å². The van der Waals surface area contributed by atoms with E-state index in [2.05, 4.69) is 59.4 Å². The third-order valence-corrected chi connectivity index (χ3v) is 13.2. The van der Waals surface area contributed by atoms with Crippen LogP contribution in [0.3, 0.4) is 0 Å². The van der Waals surface area contributed by atoms with Crippen molar-refractivity contribution in [2.75, 3.05) is 0 Å². The number of carboxylic acids is 1. The Morgan fingerprint density at radius 2 is 1.66 bits per heavy atom. The van der Waals surface area contributed by atoms with E-state index in [1.165, 1.54) is 0 Å². The highest BCUT2D eigenvalue weighted by Crippen LogP contribution is 2.77. The molecule has 0 spiro atoms. The molecule has 4 fully saturated rings. The van der Waals surface area contributed by atoms with E-state index >= 15 is 0 Å². The monoisotopic (exact) mass is 479 g/mol. The third kappa shape index (κ3) is 2.85. The van der Waals surface area contributed by atoms with Gasteiger partial charge >= 0.3 is 5.97 Å². The number of aliphatic carboxylic acids is 1. The van der Waals surface area contributed by atoms with Gasteiger partial charge in [0.2, 0.25) is 5.70 Å². The molecule has 0 aromatic heterocycles. The van der Waals surface area contributed by atoms with Crippen LogP contribution < -0.4 is 0 Å². The molecule has 4 nitrogen and oxygen atoms in total. The lowest BCUT2D eigenvalue weighted by Gasteiger charge is -2.71. The van der Waals surface area contributed by atoms with Crippen LogP contribution in [0.1, 0.15) is 99.8 Å². The van der Waals surface area contributed by atoms with Crippen molar-refractivity contribution in [1.29, 1.82) is 0 Å². The Labute approximate surface area is 212 Å². The second-order valence-corrected chi connectivity index (χ2v) is 14.7. The number of fused-ring (bicyclic) bond motifs is 7. The molecule has 35 heavy (non-hydrogen) atoms. The number of Topliss-reactive ketones (excluding diaryl/α,β-unsaturated/α-hetero) is 1. The van der Waals surface area contributed by atoms with Crippen molar-refractivity contribution in [2.24, 2.45) is 62.6 Å². The number of carbonyl (C=O) groups is 2. The molecule has 9 atom stereocenters. The molecule has 0 aromatic rings. The highest BCUT2D eigenvalue weighted by Gasteiger charge is 2.72. The Bertz CT molecular complexity index is 1030. The minimum absolute atomic E-state index is 0.0214. The lowest BCUT2D eigenvalue weighted by atomic mass is 9.33. The Hall–Kier alpha value is -1.63. The van der Waals surface area contributed by atoms with E-state index in [0.717, 1.165) is 51.4 Å². The van der Waals surface area contributed by atoms with Crippen molar-refractivity contribution >= 4 is 11.8 Å². The Morgan fingerprint density at radius 1 is 0.971 bits per heavy atom. The molecule has 8 unspecified atom stereocenters. The molecule has 4 saturated carbocycles. The molecule has 4 heteroatoms. The lowest BCUT2D eigenvalue weighted by Crippen LogP contribution is -2.66. The third-order valence-electron chi connectivity index (χ3n) is 13.2. The normalized spacial score (nSPS) is 50.3. The minimum atomic E-state index is -0.548. The standard InChI is InChI=1S/C31H45NO3/c1-18(2)19-11-14-31(26(34)35)16-15-29(6)20(24(19)31)9-10-23-28(5)17-21(32-8)25(33)27(3,4)22(28)12-13-30(23,29)7/h17-20,22-24H,9-16H2,1-7H3,(H,34,35)/t19?,20?,22?,23?,24?,28?,29-,30?,31?/m1/s1. The summed E-state index contributed by atoms with van der Waals surface area (Å²) >= 11 is 0. The molecular weight excluding hydrogens is 434 g/mol. The summed E-state index contributed by atoms with van der Waals surface area (Å²) in [4.78, 5) is 29.7. The molecule has 1 N–H and O–H groups in total. The van der Waals surface area contributed by atoms with Gasteiger partial charge in [-0.3, -0.25) is 4.79 Å². The molecule has 0 aromatic carbocycles. The minimum Gasteiger partial charge on any atom is -0.481 e. The van der Waals surface area contributed by atoms with Gasteiger partial charge in [0.15, 0.2) is 5.78 Å². The van der Waals surface area contributed by atoms with Crippen molar-refractivity contribution in [3.05, 3.63) is 23.2 Å². The first kappa shape index (κ1) is 25.0. The summed E-state index contributed by atoms with van der Waals surface area (Å²) in [6.45, 7) is 23.8. The predicted molar refractivity (Wildman–Crippen MR) is 137 cm³/mol. The first-order valence-electron chi connectivity index (χ1n) is 14.1. The summed E-state index contributed by atoms with van der Waals surface area (Å²) in [7, 11) is 0. The van der Waals surface area contributed by atoms with Crippen molar-refractivity contribution in [3.8, 4) is 0 Å². The summed E-state index contributed by atoms with van der Waals surface area (Å²) in [6.07, 6.45) is 10.0. The van der Waals surface area contributed by atoms with Crippen LogP contribution >= 0.6 is 0 Å². The van der Waals surface area contributed by atoms with E-state index in [9.17, 15) is 14.7 Å². The van der Waals surface area contributed by atoms with Crippen molar-refractivity contribution in [3.63, 3.8) is 0 Å². The number of rotatable bonds is 2. The summed E-state index contributed by atoms with van der Waals surface area (Å²) < 4.78 is 0. The van der Waals surface area contributed by atoms with Crippen LogP contribution in [0.2, 0.25) is 0 Å². The SMILES string of the molecule is [C-]#[N+]C1=CC2(C)C(CCC3(C)C2CCC2C4C(C(C)C)CCC4(C(=O)O)CC[C@]23C)C(C)(C)C1=O. The molecule has 0 amide bonds. The quantitative estimate of drug-likeness (QED) is 0.420. The smallest absolute Gasteiger partial charge is 0.309 e. The molecule has 5 aliphatic rings. The van der Waals surface area contributed by atoms with Crippen molar-refractivity contribution in [2.45, 2.75) is 99.8 Å². The Morgan fingerprint density at radius 3 is 2.26 bits per heavy atom. The maximum Gasteiger partial charge on any atom is 0.309 e. The molecule has 0 saturated heterocycles. The van der Waals surface area contributed by atoms with Gasteiger partial charge in [-0.25, -0.2) is 4.85 Å². The van der Waals surface area contributed by atoms with Crippen LogP contribution in [-0.4, -0.2) is 16.9 Å². The van der Waals surface area contributed by atoms with Gasteiger partial charge in [0.1, 0.15) is 0 Å². The largest absolute Gasteiger partial charge is 0.481 e. The zero-order valence-electron chi connectivity index (χ0n) is 22.9. The van der Waals surface area contributed by atoms with Gasteiger partial charge in [0.25, 0.3) is 0 Å². The van der Waals surface area contributed by atoms with E-state index in [1.807, 2.05) is 0 Å². The molecule has 5 rings (SSSR count). The molecular formula is C31H45NO3. The van der Waals surface area contributed by atoms with Gasteiger partial charge in [0.05, 0.1) is 12.0 Å². The van der Waals surface area contributed by atoms with Gasteiger partial charge in [-0.05, 0) is 103 Å². The highest BCUT2D eigenvalue weighted by atomic mass is 16.4. The molecule has 192 valence electrons. The maximum atomic E-state index is 13.2. The number of nitrogens with zero attached hydrogens (tertiary/aromatic N) is 1. The number of hydrogen-bond acceptors (Lipinski definition) is 2. The number of ketones is 1. The predicted octanol–water partition coefficient (Wildman–Crippen LogP) is 7.40. The fraction of sp³-hybridized carbons (Fsp3) is 0.839. The summed E-state index contributed by atoms with van der Waals surface area (Å²) in [5, 5.41) is 10.5. The average Bonchev–Trinajstić information content (AvgIpc) is 3.18. The number of carboxylic acid groups (broad SMARTS) is 1. The van der Waals surface area contributed by atoms with Gasteiger partial charge in [-0.1, -0.05) is 54.5 Å². The van der Waals surface area contributed by atoms with Crippen LogP contribution in [0.4, 0.5) is 0 Å². The Kier molecular flexibility index (Phi) is 5.33.